The SMILES string of the molecule is Nc1ccc2c(O)c(N=Nc3cccc([N+](=O)[O-])c3OS(=O)(=O)O)c(S(=O)(=O)O)cc2c1. The van der Waals surface area contributed by atoms with Crippen LogP contribution in [0.15, 0.2) is 57.6 Å². The third-order valence-electron chi connectivity index (χ3n) is 3.97. The highest BCUT2D eigenvalue weighted by atomic mass is 32.3. The first-order valence-electron chi connectivity index (χ1n) is 8.16. The number of nitrogen functional groups attached to an aromatic ring is 1. The van der Waals surface area contributed by atoms with Crippen molar-refractivity contribution >= 4 is 54.0 Å². The lowest BCUT2D eigenvalue weighted by Gasteiger charge is -2.09. The van der Waals surface area contributed by atoms with Gasteiger partial charge in [0.15, 0.2) is 5.75 Å². The number of hydrogen-bond donors (Lipinski definition) is 4. The van der Waals surface area contributed by atoms with Crippen LogP contribution in [0, 0.1) is 10.1 Å². The van der Waals surface area contributed by atoms with Gasteiger partial charge in [0.1, 0.15) is 16.3 Å². The smallest absolute Gasteiger partial charge is 0.446 e. The van der Waals surface area contributed by atoms with E-state index in [1.54, 1.807) is 0 Å². The maximum Gasteiger partial charge on any atom is 0.446 e. The first-order valence-corrected chi connectivity index (χ1v) is 11.0. The zero-order valence-electron chi connectivity index (χ0n) is 15.5. The van der Waals surface area contributed by atoms with E-state index in [2.05, 4.69) is 14.4 Å². The monoisotopic (exact) mass is 484 g/mol. The van der Waals surface area contributed by atoms with Crippen LogP contribution in [-0.4, -0.2) is 36.0 Å². The standard InChI is InChI=1S/C16H12N4O10S2/c17-9-4-5-10-8(6-9)7-13(31(24,25)26)14(15(10)21)19-18-11-2-1-3-12(20(22)23)16(11)30-32(27,28)29/h1-7,21H,17H2,(H,24,25,26)(H,27,28,29). The minimum atomic E-state index is -5.21. The quantitative estimate of drug-likeness (QED) is 0.130. The van der Waals surface area contributed by atoms with Gasteiger partial charge in [0.05, 0.1) is 4.92 Å². The summed E-state index contributed by atoms with van der Waals surface area (Å²) in [5, 5.41) is 28.9. The summed E-state index contributed by atoms with van der Waals surface area (Å²) in [6.45, 7) is 0. The molecule has 0 fully saturated rings. The van der Waals surface area contributed by atoms with Gasteiger partial charge in [0.25, 0.3) is 10.1 Å². The molecule has 0 bridgehead atoms. The second-order valence-electron chi connectivity index (χ2n) is 6.12. The van der Waals surface area contributed by atoms with Gasteiger partial charge < -0.3 is 15.0 Å². The van der Waals surface area contributed by atoms with Gasteiger partial charge in [-0.3, -0.25) is 19.2 Å². The molecule has 0 atom stereocenters. The molecule has 5 N–H and O–H groups in total. The van der Waals surface area contributed by atoms with E-state index in [0.717, 1.165) is 24.3 Å². The zero-order chi connectivity index (χ0) is 23.8. The Hall–Kier alpha value is -3.86. The fourth-order valence-electron chi connectivity index (χ4n) is 2.69. The summed E-state index contributed by atoms with van der Waals surface area (Å²) in [5.74, 6) is -1.76. The predicted octanol–water partition coefficient (Wildman–Crippen LogP) is 2.88. The summed E-state index contributed by atoms with van der Waals surface area (Å²) in [6.07, 6.45) is 0. The summed E-state index contributed by atoms with van der Waals surface area (Å²) in [5.41, 5.74) is 3.59. The molecular formula is C16H12N4O10S2. The first kappa shape index (κ1) is 22.8. The number of nitrogens with two attached hydrogens (primary N) is 1. The number of aromatic hydroxyl groups is 1. The van der Waals surface area contributed by atoms with Crippen LogP contribution >= 0.6 is 0 Å². The lowest BCUT2D eigenvalue weighted by Crippen LogP contribution is -2.08. The highest BCUT2D eigenvalue weighted by Crippen LogP contribution is 2.43. The number of benzene rings is 3. The summed E-state index contributed by atoms with van der Waals surface area (Å²) < 4.78 is 68.5. The Balaban J connectivity index is 2.28. The second kappa shape index (κ2) is 8.00. The number of fused-ring (bicyclic) bond motifs is 1. The Kier molecular flexibility index (Phi) is 5.71. The van der Waals surface area contributed by atoms with Crippen LogP contribution in [0.2, 0.25) is 0 Å². The van der Waals surface area contributed by atoms with E-state index < -0.39 is 58.9 Å². The van der Waals surface area contributed by atoms with Crippen molar-refractivity contribution in [2.45, 2.75) is 4.90 Å². The van der Waals surface area contributed by atoms with E-state index in [9.17, 15) is 36.6 Å². The molecular weight excluding hydrogens is 472 g/mol. The van der Waals surface area contributed by atoms with Crippen LogP contribution in [0.1, 0.15) is 0 Å². The molecule has 3 aromatic rings. The minimum Gasteiger partial charge on any atom is -0.505 e. The van der Waals surface area contributed by atoms with Crippen LogP contribution < -0.4 is 9.92 Å². The number of rotatable bonds is 6. The van der Waals surface area contributed by atoms with Crippen LogP contribution in [0.3, 0.4) is 0 Å². The summed E-state index contributed by atoms with van der Waals surface area (Å²) in [7, 11) is -10.2. The Morgan fingerprint density at radius 1 is 1.03 bits per heavy atom. The van der Waals surface area contributed by atoms with Gasteiger partial charge in [-0.25, -0.2) is 0 Å². The zero-order valence-corrected chi connectivity index (χ0v) is 17.1. The number of phenolic OH excluding ortho intramolecular Hbond substituents is 1. The maximum absolute atomic E-state index is 11.8. The molecule has 3 aromatic carbocycles. The third kappa shape index (κ3) is 4.72. The van der Waals surface area contributed by atoms with Gasteiger partial charge >= 0.3 is 16.1 Å². The highest BCUT2D eigenvalue weighted by molar-refractivity contribution is 7.86. The molecule has 0 heterocycles. The van der Waals surface area contributed by atoms with E-state index in [4.69, 9.17) is 10.3 Å². The lowest BCUT2D eigenvalue weighted by molar-refractivity contribution is -0.385. The molecule has 0 aromatic heterocycles. The van der Waals surface area contributed by atoms with E-state index in [1.807, 2.05) is 0 Å². The third-order valence-corrected chi connectivity index (χ3v) is 5.21. The molecule has 0 radical (unpaired) electrons. The van der Waals surface area contributed by atoms with Crippen molar-refractivity contribution in [3.8, 4) is 11.5 Å². The lowest BCUT2D eigenvalue weighted by atomic mass is 10.1. The summed E-state index contributed by atoms with van der Waals surface area (Å²) in [6, 6.07) is 7.95. The van der Waals surface area contributed by atoms with E-state index in [0.29, 0.717) is 0 Å². The number of azo groups is 1. The minimum absolute atomic E-state index is 0.0778. The first-order chi connectivity index (χ1) is 14.8. The second-order valence-corrected chi connectivity index (χ2v) is 8.53. The molecule has 0 aliphatic rings. The Labute approximate surface area is 179 Å². The van der Waals surface area contributed by atoms with Crippen molar-refractivity contribution in [2.24, 2.45) is 10.2 Å². The topological polar surface area (TPSA) is 232 Å². The molecule has 0 spiro atoms. The van der Waals surface area contributed by atoms with Crippen LogP contribution in [-0.2, 0) is 20.5 Å². The summed E-state index contributed by atoms with van der Waals surface area (Å²) >= 11 is 0. The molecule has 16 heteroatoms. The van der Waals surface area contributed by atoms with Gasteiger partial charge in [-0.05, 0) is 35.7 Å². The molecule has 168 valence electrons. The van der Waals surface area contributed by atoms with E-state index in [-0.39, 0.29) is 16.5 Å². The van der Waals surface area contributed by atoms with Crippen LogP contribution in [0.4, 0.5) is 22.7 Å². The number of para-hydroxylation sites is 1. The van der Waals surface area contributed by atoms with Crippen molar-refractivity contribution in [3.05, 3.63) is 52.6 Å². The largest absolute Gasteiger partial charge is 0.505 e. The van der Waals surface area contributed by atoms with Crippen molar-refractivity contribution < 1.29 is 40.2 Å². The molecule has 14 nitrogen and oxygen atoms in total. The fourth-order valence-corrected chi connectivity index (χ4v) is 3.73. The van der Waals surface area contributed by atoms with E-state index in [1.165, 1.54) is 18.2 Å². The van der Waals surface area contributed by atoms with Gasteiger partial charge in [0, 0.05) is 17.1 Å². The van der Waals surface area contributed by atoms with Crippen molar-refractivity contribution in [1.82, 2.24) is 0 Å². The molecule has 3 rings (SSSR count). The molecule has 0 unspecified atom stereocenters. The number of anilines is 1. The van der Waals surface area contributed by atoms with E-state index >= 15 is 0 Å². The Bertz CT molecular complexity index is 1500. The number of nitro benzene ring substituents is 1. The number of nitro groups is 1. The van der Waals surface area contributed by atoms with Crippen molar-refractivity contribution in [3.63, 3.8) is 0 Å². The molecule has 0 saturated carbocycles. The summed E-state index contributed by atoms with van der Waals surface area (Å²) in [4.78, 5) is 9.26. The number of nitrogens with zero attached hydrogens (tertiary/aromatic N) is 3. The van der Waals surface area contributed by atoms with Gasteiger partial charge in [-0.15, -0.1) is 10.2 Å². The van der Waals surface area contributed by atoms with Crippen LogP contribution in [0.25, 0.3) is 10.8 Å². The van der Waals surface area contributed by atoms with Crippen LogP contribution in [0.5, 0.6) is 11.5 Å². The average Bonchev–Trinajstić information content (AvgIpc) is 2.65. The van der Waals surface area contributed by atoms with Gasteiger partial charge in [-0.1, -0.05) is 6.07 Å². The molecule has 32 heavy (non-hydrogen) atoms. The molecule has 0 aliphatic heterocycles. The number of hydrogen-bond acceptors (Lipinski definition) is 11. The van der Waals surface area contributed by atoms with Gasteiger partial charge in [-0.2, -0.15) is 16.8 Å². The van der Waals surface area contributed by atoms with Crippen molar-refractivity contribution in [2.75, 3.05) is 5.73 Å². The normalized spacial score (nSPS) is 12.3. The Morgan fingerprint density at radius 3 is 2.31 bits per heavy atom. The van der Waals surface area contributed by atoms with Gasteiger partial charge in [0.2, 0.25) is 5.75 Å². The fraction of sp³-hybridized carbons (Fsp3) is 0. The predicted molar refractivity (Wildman–Crippen MR) is 109 cm³/mol. The Morgan fingerprint density at radius 2 is 1.72 bits per heavy atom. The maximum atomic E-state index is 11.8. The molecule has 0 amide bonds. The highest BCUT2D eigenvalue weighted by Gasteiger charge is 2.25. The molecule has 0 saturated heterocycles. The molecule has 0 aliphatic carbocycles. The van der Waals surface area contributed by atoms with Crippen molar-refractivity contribution in [1.29, 1.82) is 0 Å². The average molecular weight is 484 g/mol. The number of phenols is 1.